The molecule has 0 saturated heterocycles. The fourth-order valence-corrected chi connectivity index (χ4v) is 3.41. The molecule has 0 saturated carbocycles. The number of allylic oxidation sites excluding steroid dienone is 1. The Kier molecular flexibility index (Phi) is 3.94. The summed E-state index contributed by atoms with van der Waals surface area (Å²) in [5.74, 6) is 0. The van der Waals surface area contributed by atoms with E-state index in [0.717, 1.165) is 28.0 Å². The molecule has 0 atom stereocenters. The number of hydrogen-bond acceptors (Lipinski definition) is 3. The van der Waals surface area contributed by atoms with Crippen LogP contribution in [-0.2, 0) is 13.0 Å². The minimum Gasteiger partial charge on any atom is -0.295 e. The van der Waals surface area contributed by atoms with Gasteiger partial charge in [-0.25, -0.2) is 4.98 Å². The van der Waals surface area contributed by atoms with Crippen molar-refractivity contribution in [3.8, 4) is 11.1 Å². The quantitative estimate of drug-likeness (QED) is 0.675. The molecule has 1 aromatic carbocycles. The molecule has 0 radical (unpaired) electrons. The van der Waals surface area contributed by atoms with Crippen molar-refractivity contribution in [2.24, 2.45) is 0 Å². The van der Waals surface area contributed by atoms with Gasteiger partial charge in [0.05, 0.1) is 11.7 Å². The van der Waals surface area contributed by atoms with E-state index in [1.165, 1.54) is 16.9 Å². The van der Waals surface area contributed by atoms with E-state index in [-0.39, 0.29) is 5.56 Å². The lowest BCUT2D eigenvalue weighted by molar-refractivity contribution is 0.739. The van der Waals surface area contributed by atoms with Crippen LogP contribution in [0.4, 0.5) is 0 Å². The number of fused-ring (bicyclic) bond motifs is 1. The Morgan fingerprint density at radius 3 is 2.68 bits per heavy atom. The smallest absolute Gasteiger partial charge is 0.263 e. The molecule has 0 bridgehead atoms. The standard InChI is InChI=1S/C18H18N2OS/c1-4-13-5-7-14(8-6-13)15-10-22-17-16(15)18(21)20(11-19-17)9-12(2)3/h5-8,10-11H,2,4,9H2,1,3H3. The Balaban J connectivity index is 2.17. The number of hydrogen-bond donors (Lipinski definition) is 0. The van der Waals surface area contributed by atoms with Crippen molar-refractivity contribution in [2.75, 3.05) is 0 Å². The molecule has 0 amide bonds. The zero-order valence-corrected chi connectivity index (χ0v) is 13.6. The molecule has 3 nitrogen and oxygen atoms in total. The average Bonchev–Trinajstić information content (AvgIpc) is 2.94. The number of rotatable bonds is 4. The summed E-state index contributed by atoms with van der Waals surface area (Å²) in [5, 5.41) is 2.73. The fraction of sp³-hybridized carbons (Fsp3) is 0.222. The first kappa shape index (κ1) is 14.7. The molecule has 0 aliphatic rings. The van der Waals surface area contributed by atoms with Crippen LogP contribution in [0.25, 0.3) is 21.3 Å². The third-order valence-electron chi connectivity index (χ3n) is 3.67. The molecule has 0 aliphatic heterocycles. The van der Waals surface area contributed by atoms with Crippen LogP contribution in [-0.4, -0.2) is 9.55 Å². The third-order valence-corrected chi connectivity index (χ3v) is 4.56. The van der Waals surface area contributed by atoms with E-state index in [0.29, 0.717) is 11.9 Å². The van der Waals surface area contributed by atoms with Gasteiger partial charge in [0.2, 0.25) is 0 Å². The van der Waals surface area contributed by atoms with Gasteiger partial charge in [-0.05, 0) is 24.5 Å². The van der Waals surface area contributed by atoms with Crippen LogP contribution < -0.4 is 5.56 Å². The number of thiophene rings is 1. The predicted octanol–water partition coefficient (Wildman–Crippen LogP) is 4.26. The van der Waals surface area contributed by atoms with Crippen LogP contribution >= 0.6 is 11.3 Å². The molecule has 0 N–H and O–H groups in total. The summed E-state index contributed by atoms with van der Waals surface area (Å²) >= 11 is 1.51. The van der Waals surface area contributed by atoms with Crippen LogP contribution in [0.2, 0.25) is 0 Å². The van der Waals surface area contributed by atoms with Gasteiger partial charge in [-0.1, -0.05) is 43.3 Å². The molecule has 0 aliphatic carbocycles. The van der Waals surface area contributed by atoms with Crippen molar-refractivity contribution in [1.82, 2.24) is 9.55 Å². The summed E-state index contributed by atoms with van der Waals surface area (Å²) in [5.41, 5.74) is 4.27. The first-order valence-corrected chi connectivity index (χ1v) is 8.18. The molecule has 3 aromatic rings. The van der Waals surface area contributed by atoms with Crippen molar-refractivity contribution in [3.05, 3.63) is 64.0 Å². The second-order valence-corrected chi connectivity index (χ2v) is 6.37. The second kappa shape index (κ2) is 5.89. The molecule has 2 aromatic heterocycles. The largest absolute Gasteiger partial charge is 0.295 e. The second-order valence-electron chi connectivity index (χ2n) is 5.51. The van der Waals surface area contributed by atoms with E-state index in [1.807, 2.05) is 12.3 Å². The van der Waals surface area contributed by atoms with Crippen molar-refractivity contribution in [2.45, 2.75) is 26.8 Å². The minimum atomic E-state index is 0.00354. The molecule has 112 valence electrons. The van der Waals surface area contributed by atoms with Gasteiger partial charge in [-0.3, -0.25) is 9.36 Å². The maximum absolute atomic E-state index is 12.7. The summed E-state index contributed by atoms with van der Waals surface area (Å²) in [7, 11) is 0. The minimum absolute atomic E-state index is 0.00354. The summed E-state index contributed by atoms with van der Waals surface area (Å²) in [6, 6.07) is 8.38. The lowest BCUT2D eigenvalue weighted by Crippen LogP contribution is -2.20. The molecule has 3 rings (SSSR count). The summed E-state index contributed by atoms with van der Waals surface area (Å²) in [4.78, 5) is 17.9. The van der Waals surface area contributed by atoms with Crippen LogP contribution in [0, 0.1) is 0 Å². The number of aromatic nitrogens is 2. The highest BCUT2D eigenvalue weighted by atomic mass is 32.1. The van der Waals surface area contributed by atoms with Gasteiger partial charge in [-0.2, -0.15) is 0 Å². The van der Waals surface area contributed by atoms with Gasteiger partial charge in [0.15, 0.2) is 0 Å². The van der Waals surface area contributed by atoms with E-state index in [1.54, 1.807) is 10.9 Å². The summed E-state index contributed by atoms with van der Waals surface area (Å²) < 4.78 is 1.63. The van der Waals surface area contributed by atoms with Crippen molar-refractivity contribution in [1.29, 1.82) is 0 Å². The lowest BCUT2D eigenvalue weighted by Gasteiger charge is -2.06. The highest BCUT2D eigenvalue weighted by Crippen LogP contribution is 2.30. The Morgan fingerprint density at radius 2 is 2.05 bits per heavy atom. The number of aryl methyl sites for hydroxylation is 1. The van der Waals surface area contributed by atoms with Crippen LogP contribution in [0.1, 0.15) is 19.4 Å². The molecule has 0 fully saturated rings. The molecule has 4 heteroatoms. The SMILES string of the molecule is C=C(C)Cn1cnc2scc(-c3ccc(CC)cc3)c2c1=O. The first-order valence-electron chi connectivity index (χ1n) is 7.30. The van der Waals surface area contributed by atoms with E-state index >= 15 is 0 Å². The van der Waals surface area contributed by atoms with Crippen molar-refractivity contribution in [3.63, 3.8) is 0 Å². The average molecular weight is 310 g/mol. The predicted molar refractivity (Wildman–Crippen MR) is 93.5 cm³/mol. The Hall–Kier alpha value is -2.20. The monoisotopic (exact) mass is 310 g/mol. The van der Waals surface area contributed by atoms with Gasteiger partial charge >= 0.3 is 0 Å². The zero-order valence-electron chi connectivity index (χ0n) is 12.8. The third kappa shape index (κ3) is 2.62. The van der Waals surface area contributed by atoms with E-state index < -0.39 is 0 Å². The Bertz CT molecular complexity index is 888. The van der Waals surface area contributed by atoms with Crippen molar-refractivity contribution >= 4 is 21.6 Å². The normalized spacial score (nSPS) is 11.0. The molecule has 0 spiro atoms. The Morgan fingerprint density at radius 1 is 1.32 bits per heavy atom. The van der Waals surface area contributed by atoms with Gasteiger partial charge < -0.3 is 0 Å². The fourth-order valence-electron chi connectivity index (χ4n) is 2.50. The summed E-state index contributed by atoms with van der Waals surface area (Å²) in [6.07, 6.45) is 2.62. The van der Waals surface area contributed by atoms with Crippen LogP contribution in [0.5, 0.6) is 0 Å². The number of nitrogens with zero attached hydrogens (tertiary/aromatic N) is 2. The van der Waals surface area contributed by atoms with Gasteiger partial charge in [0.1, 0.15) is 4.83 Å². The zero-order chi connectivity index (χ0) is 15.7. The molecule has 22 heavy (non-hydrogen) atoms. The van der Waals surface area contributed by atoms with Crippen LogP contribution in [0.15, 0.2) is 52.9 Å². The van der Waals surface area contributed by atoms with Gasteiger partial charge in [0.25, 0.3) is 5.56 Å². The van der Waals surface area contributed by atoms with Gasteiger partial charge in [-0.15, -0.1) is 11.3 Å². The van der Waals surface area contributed by atoms with E-state index in [4.69, 9.17) is 0 Å². The Labute approximate surface area is 133 Å². The van der Waals surface area contributed by atoms with Crippen molar-refractivity contribution < 1.29 is 0 Å². The van der Waals surface area contributed by atoms with Gasteiger partial charge in [0, 0.05) is 17.5 Å². The highest BCUT2D eigenvalue weighted by Gasteiger charge is 2.13. The topological polar surface area (TPSA) is 34.9 Å². The lowest BCUT2D eigenvalue weighted by atomic mass is 10.0. The van der Waals surface area contributed by atoms with E-state index in [2.05, 4.69) is 42.8 Å². The maximum Gasteiger partial charge on any atom is 0.263 e. The van der Waals surface area contributed by atoms with E-state index in [9.17, 15) is 4.79 Å². The first-order chi connectivity index (χ1) is 10.6. The molecular formula is C18H18N2OS. The molecule has 2 heterocycles. The van der Waals surface area contributed by atoms with Crippen LogP contribution in [0.3, 0.4) is 0 Å². The summed E-state index contributed by atoms with van der Waals surface area (Å²) in [6.45, 7) is 8.43. The molecule has 0 unspecified atom stereocenters. The number of benzene rings is 1. The molecular weight excluding hydrogens is 292 g/mol. The highest BCUT2D eigenvalue weighted by molar-refractivity contribution is 7.17. The maximum atomic E-state index is 12.7.